The molecule has 32 heavy (non-hydrogen) atoms. The lowest BCUT2D eigenvalue weighted by Crippen LogP contribution is -2.34. The molecule has 168 valence electrons. The van der Waals surface area contributed by atoms with Crippen LogP contribution in [0.15, 0.2) is 41.1 Å². The molecule has 1 unspecified atom stereocenters. The van der Waals surface area contributed by atoms with Gasteiger partial charge >= 0.3 is 0 Å². The zero-order valence-electron chi connectivity index (χ0n) is 18.6. The number of aromatic amines is 1. The number of imidazole rings is 1. The van der Waals surface area contributed by atoms with E-state index in [1.807, 2.05) is 45.0 Å². The predicted octanol–water partition coefficient (Wildman–Crippen LogP) is 4.18. The summed E-state index contributed by atoms with van der Waals surface area (Å²) < 4.78 is 5.71. The number of nitrogens with one attached hydrogen (secondary N) is 3. The van der Waals surface area contributed by atoms with Gasteiger partial charge in [0.2, 0.25) is 11.7 Å². The van der Waals surface area contributed by atoms with E-state index in [4.69, 9.17) is 4.42 Å². The zero-order valence-corrected chi connectivity index (χ0v) is 18.6. The quantitative estimate of drug-likeness (QED) is 0.467. The second-order valence-corrected chi connectivity index (χ2v) is 8.33. The normalized spacial score (nSPS) is 14.4. The number of nitrogens with zero attached hydrogens (tertiary/aromatic N) is 2. The number of H-pyrrole nitrogens is 1. The summed E-state index contributed by atoms with van der Waals surface area (Å²) >= 11 is 0. The Hall–Kier alpha value is -3.42. The molecule has 8 heteroatoms. The van der Waals surface area contributed by atoms with Crippen molar-refractivity contribution in [1.29, 1.82) is 0 Å². The predicted molar refractivity (Wildman–Crippen MR) is 121 cm³/mol. The van der Waals surface area contributed by atoms with Gasteiger partial charge in [-0.15, -0.1) is 0 Å². The van der Waals surface area contributed by atoms with E-state index < -0.39 is 0 Å². The second kappa shape index (κ2) is 9.38. The van der Waals surface area contributed by atoms with E-state index in [9.17, 15) is 9.59 Å². The van der Waals surface area contributed by atoms with Crippen LogP contribution in [0.1, 0.15) is 67.5 Å². The Morgan fingerprint density at radius 3 is 2.62 bits per heavy atom. The molecular formula is C24H29N5O3. The lowest BCUT2D eigenvalue weighted by atomic mass is 10.1. The van der Waals surface area contributed by atoms with E-state index >= 15 is 0 Å². The van der Waals surface area contributed by atoms with Crippen LogP contribution in [0, 0.1) is 5.92 Å². The van der Waals surface area contributed by atoms with Crippen LogP contribution in [-0.4, -0.2) is 38.8 Å². The average molecular weight is 436 g/mol. The molecule has 4 rings (SSSR count). The molecule has 1 aliphatic rings. The number of benzene rings is 1. The Balaban J connectivity index is 1.47. The van der Waals surface area contributed by atoms with Crippen molar-refractivity contribution >= 4 is 11.8 Å². The van der Waals surface area contributed by atoms with E-state index in [0.29, 0.717) is 28.9 Å². The summed E-state index contributed by atoms with van der Waals surface area (Å²) in [6.07, 6.45) is 7.10. The van der Waals surface area contributed by atoms with Crippen LogP contribution in [0.4, 0.5) is 0 Å². The van der Waals surface area contributed by atoms with Gasteiger partial charge in [-0.3, -0.25) is 9.59 Å². The number of hydrogen-bond donors (Lipinski definition) is 3. The van der Waals surface area contributed by atoms with Crippen LogP contribution in [0.2, 0.25) is 0 Å². The molecule has 2 amide bonds. The molecule has 0 radical (unpaired) electrons. The van der Waals surface area contributed by atoms with E-state index in [2.05, 4.69) is 25.6 Å². The van der Waals surface area contributed by atoms with Crippen LogP contribution in [-0.2, 0) is 0 Å². The topological polar surface area (TPSA) is 113 Å². The van der Waals surface area contributed by atoms with Gasteiger partial charge < -0.3 is 20.0 Å². The molecule has 0 saturated heterocycles. The number of aromatic nitrogens is 3. The zero-order chi connectivity index (χ0) is 22.7. The Labute approximate surface area is 187 Å². The van der Waals surface area contributed by atoms with Gasteiger partial charge in [0.05, 0.1) is 6.20 Å². The third kappa shape index (κ3) is 4.90. The van der Waals surface area contributed by atoms with Gasteiger partial charge in [-0.1, -0.05) is 26.0 Å². The molecule has 0 aliphatic heterocycles. The first-order chi connectivity index (χ1) is 15.5. The Kier molecular flexibility index (Phi) is 6.39. The summed E-state index contributed by atoms with van der Waals surface area (Å²) in [4.78, 5) is 36.6. The largest absolute Gasteiger partial charge is 0.431 e. The van der Waals surface area contributed by atoms with Crippen molar-refractivity contribution < 1.29 is 14.0 Å². The Morgan fingerprint density at radius 1 is 1.16 bits per heavy atom. The van der Waals surface area contributed by atoms with Crippen LogP contribution in [0.5, 0.6) is 0 Å². The maximum atomic E-state index is 12.5. The van der Waals surface area contributed by atoms with Crippen molar-refractivity contribution in [3.8, 4) is 22.8 Å². The minimum Gasteiger partial charge on any atom is -0.431 e. The summed E-state index contributed by atoms with van der Waals surface area (Å²) in [6.45, 7) is 6.09. The molecule has 0 spiro atoms. The highest BCUT2D eigenvalue weighted by Gasteiger charge is 2.29. The van der Waals surface area contributed by atoms with Gasteiger partial charge in [0.25, 0.3) is 11.8 Å². The smallest absolute Gasteiger partial charge is 0.288 e. The van der Waals surface area contributed by atoms with Crippen LogP contribution >= 0.6 is 0 Å². The number of rotatable bonds is 9. The summed E-state index contributed by atoms with van der Waals surface area (Å²) in [6, 6.07) is 7.73. The number of hydrogen-bond acceptors (Lipinski definition) is 5. The molecule has 3 N–H and O–H groups in total. The van der Waals surface area contributed by atoms with Crippen molar-refractivity contribution in [2.24, 2.45) is 5.92 Å². The first-order valence-electron chi connectivity index (χ1n) is 11.2. The summed E-state index contributed by atoms with van der Waals surface area (Å²) in [5.41, 5.74) is 1.86. The second-order valence-electron chi connectivity index (χ2n) is 8.33. The number of oxazole rings is 1. The minimum atomic E-state index is -0.268. The molecule has 1 atom stereocenters. The van der Waals surface area contributed by atoms with Gasteiger partial charge in [0, 0.05) is 29.4 Å². The molecule has 2 heterocycles. The van der Waals surface area contributed by atoms with E-state index in [1.165, 1.54) is 19.0 Å². The van der Waals surface area contributed by atoms with E-state index in [1.54, 1.807) is 6.20 Å². The van der Waals surface area contributed by atoms with E-state index in [0.717, 1.165) is 18.4 Å². The molecule has 8 nitrogen and oxygen atoms in total. The average Bonchev–Trinajstić information content (AvgIpc) is 3.33. The van der Waals surface area contributed by atoms with Crippen molar-refractivity contribution in [1.82, 2.24) is 25.6 Å². The molecule has 2 aromatic heterocycles. The summed E-state index contributed by atoms with van der Waals surface area (Å²) in [5, 5.41) is 5.96. The first kappa shape index (κ1) is 21.8. The molecule has 1 aromatic carbocycles. The fourth-order valence-corrected chi connectivity index (χ4v) is 3.64. The standard InChI is InChI=1S/C24H29N5O3/c1-4-18(5-2)28-23(31)20-13-26-24(32-20)17-8-6-7-16(11-17)21-25-12-19(29-21)22(30)27-14(3)15-9-10-15/h6-8,11-15,18H,4-5,9-10H2,1-3H3,(H,25,29)(H,27,30)(H,28,31). The van der Waals surface area contributed by atoms with Crippen molar-refractivity contribution in [2.45, 2.75) is 58.5 Å². The Morgan fingerprint density at radius 2 is 1.91 bits per heavy atom. The Bertz CT molecular complexity index is 1030. The number of carbonyl (C=O) groups is 2. The third-order valence-electron chi connectivity index (χ3n) is 5.93. The molecule has 3 aromatic rings. The van der Waals surface area contributed by atoms with Crippen molar-refractivity contribution in [3.63, 3.8) is 0 Å². The maximum Gasteiger partial charge on any atom is 0.288 e. The third-order valence-corrected chi connectivity index (χ3v) is 5.93. The molecule has 1 saturated carbocycles. The van der Waals surface area contributed by atoms with E-state index in [-0.39, 0.29) is 29.7 Å². The molecule has 1 aliphatic carbocycles. The highest BCUT2D eigenvalue weighted by Crippen LogP contribution is 2.32. The highest BCUT2D eigenvalue weighted by atomic mass is 16.4. The van der Waals surface area contributed by atoms with Gasteiger partial charge in [0.15, 0.2) is 0 Å². The summed E-state index contributed by atoms with van der Waals surface area (Å²) in [5.74, 6) is 1.24. The number of carbonyl (C=O) groups excluding carboxylic acids is 2. The summed E-state index contributed by atoms with van der Waals surface area (Å²) in [7, 11) is 0. The van der Waals surface area contributed by atoms with Crippen LogP contribution < -0.4 is 10.6 Å². The van der Waals surface area contributed by atoms with Crippen molar-refractivity contribution in [2.75, 3.05) is 0 Å². The molecule has 1 fully saturated rings. The molecular weight excluding hydrogens is 406 g/mol. The van der Waals surface area contributed by atoms with Gasteiger partial charge in [-0.2, -0.15) is 0 Å². The van der Waals surface area contributed by atoms with Crippen LogP contribution in [0.3, 0.4) is 0 Å². The van der Waals surface area contributed by atoms with Gasteiger partial charge in [0.1, 0.15) is 11.5 Å². The lowest BCUT2D eigenvalue weighted by Gasteiger charge is -2.12. The number of amides is 2. The highest BCUT2D eigenvalue weighted by molar-refractivity contribution is 5.93. The fraction of sp³-hybridized carbons (Fsp3) is 0.417. The minimum absolute atomic E-state index is 0.108. The lowest BCUT2D eigenvalue weighted by molar-refractivity contribution is 0.0905. The van der Waals surface area contributed by atoms with Gasteiger partial charge in [-0.05, 0) is 50.7 Å². The maximum absolute atomic E-state index is 12.5. The SMILES string of the molecule is CCC(CC)NC(=O)c1cnc(-c2cccc(-c3nc(C(=O)NC(C)C4CC4)c[nH]3)c2)o1. The van der Waals surface area contributed by atoms with Gasteiger partial charge in [-0.25, -0.2) is 9.97 Å². The first-order valence-corrected chi connectivity index (χ1v) is 11.2. The molecule has 0 bridgehead atoms. The van der Waals surface area contributed by atoms with Crippen LogP contribution in [0.25, 0.3) is 22.8 Å². The fourth-order valence-electron chi connectivity index (χ4n) is 3.64. The monoisotopic (exact) mass is 435 g/mol. The van der Waals surface area contributed by atoms with Crippen molar-refractivity contribution in [3.05, 3.63) is 48.1 Å².